The molecule has 1 aromatic heterocycles. The Labute approximate surface area is 148 Å². The Bertz CT molecular complexity index is 714. The topological polar surface area (TPSA) is 80.5 Å². The predicted molar refractivity (Wildman–Crippen MR) is 95.8 cm³/mol. The molecule has 0 spiro atoms. The van der Waals surface area contributed by atoms with Gasteiger partial charge in [-0.3, -0.25) is 14.7 Å². The monoisotopic (exact) mass is 340 g/mol. The average molecular weight is 340 g/mol. The zero-order valence-electron chi connectivity index (χ0n) is 14.3. The molecule has 6 nitrogen and oxygen atoms in total. The van der Waals surface area contributed by atoms with Gasteiger partial charge < -0.3 is 15.8 Å². The third-order valence-corrected chi connectivity index (χ3v) is 4.34. The molecular weight excluding hydrogens is 316 g/mol. The molecule has 0 unspecified atom stereocenters. The van der Waals surface area contributed by atoms with E-state index < -0.39 is 0 Å². The van der Waals surface area contributed by atoms with Crippen LogP contribution in [0.25, 0.3) is 0 Å². The maximum absolute atomic E-state index is 12.4. The lowest BCUT2D eigenvalue weighted by atomic mass is 10.1. The summed E-state index contributed by atoms with van der Waals surface area (Å²) in [5.41, 5.74) is 9.25. The van der Waals surface area contributed by atoms with E-state index >= 15 is 0 Å². The molecule has 1 saturated heterocycles. The number of rotatable bonds is 6. The van der Waals surface area contributed by atoms with Crippen molar-refractivity contribution in [2.24, 2.45) is 5.73 Å². The zero-order chi connectivity index (χ0) is 17.5. The summed E-state index contributed by atoms with van der Waals surface area (Å²) in [7, 11) is 0. The van der Waals surface area contributed by atoms with E-state index in [0.29, 0.717) is 24.3 Å². The molecule has 2 aromatic rings. The first kappa shape index (κ1) is 17.5. The highest BCUT2D eigenvalue weighted by atomic mass is 16.5. The number of nitrogens with two attached hydrogens (primary N) is 1. The van der Waals surface area contributed by atoms with Crippen molar-refractivity contribution in [2.75, 3.05) is 26.3 Å². The van der Waals surface area contributed by atoms with E-state index in [1.807, 2.05) is 12.1 Å². The number of hydrogen-bond donors (Lipinski definition) is 2. The minimum Gasteiger partial charge on any atom is -0.379 e. The van der Waals surface area contributed by atoms with E-state index in [0.717, 1.165) is 38.4 Å². The van der Waals surface area contributed by atoms with Crippen molar-refractivity contribution >= 4 is 5.91 Å². The Balaban J connectivity index is 1.63. The van der Waals surface area contributed by atoms with Gasteiger partial charge in [0.2, 0.25) is 0 Å². The summed E-state index contributed by atoms with van der Waals surface area (Å²) < 4.78 is 5.40. The maximum atomic E-state index is 12.4. The second-order valence-corrected chi connectivity index (χ2v) is 6.08. The van der Waals surface area contributed by atoms with E-state index in [-0.39, 0.29) is 5.91 Å². The van der Waals surface area contributed by atoms with Gasteiger partial charge in [0.25, 0.3) is 5.91 Å². The van der Waals surface area contributed by atoms with Crippen LogP contribution in [-0.2, 0) is 24.4 Å². The van der Waals surface area contributed by atoms with Gasteiger partial charge in [-0.25, -0.2) is 0 Å². The molecular formula is C19H24N4O2. The largest absolute Gasteiger partial charge is 0.379 e. The SMILES string of the molecule is NCc1cc(C(=O)NCc2ccccc2CN2CCOCC2)ccn1. The van der Waals surface area contributed by atoms with Gasteiger partial charge in [0.15, 0.2) is 0 Å². The van der Waals surface area contributed by atoms with Crippen molar-refractivity contribution in [3.05, 3.63) is 65.0 Å². The van der Waals surface area contributed by atoms with E-state index in [1.54, 1.807) is 18.3 Å². The normalized spacial score (nSPS) is 15.1. The van der Waals surface area contributed by atoms with Crippen LogP contribution < -0.4 is 11.1 Å². The lowest BCUT2D eigenvalue weighted by Gasteiger charge is -2.27. The molecule has 3 N–H and O–H groups in total. The standard InChI is InChI=1S/C19H24N4O2/c20-12-18-11-15(5-6-21-18)19(24)22-13-16-3-1-2-4-17(16)14-23-7-9-25-10-8-23/h1-6,11H,7-10,12-14,20H2,(H,22,24). The van der Waals surface area contributed by atoms with Gasteiger partial charge in [0, 0.05) is 44.5 Å². The number of carbonyl (C=O) groups excluding carboxylic acids is 1. The fourth-order valence-corrected chi connectivity index (χ4v) is 2.89. The van der Waals surface area contributed by atoms with Crippen molar-refractivity contribution in [3.8, 4) is 0 Å². The van der Waals surface area contributed by atoms with Crippen LogP contribution in [0.2, 0.25) is 0 Å². The van der Waals surface area contributed by atoms with Crippen LogP contribution in [0, 0.1) is 0 Å². The number of carbonyl (C=O) groups is 1. The van der Waals surface area contributed by atoms with Gasteiger partial charge in [-0.05, 0) is 23.3 Å². The van der Waals surface area contributed by atoms with Crippen LogP contribution in [0.3, 0.4) is 0 Å². The van der Waals surface area contributed by atoms with Crippen molar-refractivity contribution < 1.29 is 9.53 Å². The molecule has 0 atom stereocenters. The predicted octanol–water partition coefficient (Wildman–Crippen LogP) is 1.30. The maximum Gasteiger partial charge on any atom is 0.251 e. The van der Waals surface area contributed by atoms with Crippen LogP contribution in [-0.4, -0.2) is 42.1 Å². The van der Waals surface area contributed by atoms with Gasteiger partial charge >= 0.3 is 0 Å². The minimum absolute atomic E-state index is 0.113. The van der Waals surface area contributed by atoms with E-state index in [9.17, 15) is 4.79 Å². The number of aromatic nitrogens is 1. The Hall–Kier alpha value is -2.28. The van der Waals surface area contributed by atoms with Gasteiger partial charge in [-0.2, -0.15) is 0 Å². The number of ether oxygens (including phenoxy) is 1. The summed E-state index contributed by atoms with van der Waals surface area (Å²) in [5.74, 6) is -0.113. The summed E-state index contributed by atoms with van der Waals surface area (Å²) in [6.45, 7) is 5.15. The van der Waals surface area contributed by atoms with Crippen LogP contribution in [0.4, 0.5) is 0 Å². The van der Waals surface area contributed by atoms with Crippen LogP contribution in [0.1, 0.15) is 27.2 Å². The molecule has 0 saturated carbocycles. The Morgan fingerprint density at radius 1 is 1.20 bits per heavy atom. The first-order valence-corrected chi connectivity index (χ1v) is 8.56. The molecule has 1 aliphatic rings. The van der Waals surface area contributed by atoms with E-state index in [4.69, 9.17) is 10.5 Å². The van der Waals surface area contributed by atoms with Crippen molar-refractivity contribution in [1.29, 1.82) is 0 Å². The summed E-state index contributed by atoms with van der Waals surface area (Å²) >= 11 is 0. The highest BCUT2D eigenvalue weighted by Gasteiger charge is 2.13. The summed E-state index contributed by atoms with van der Waals surface area (Å²) in [4.78, 5) is 18.9. The average Bonchev–Trinajstić information content (AvgIpc) is 2.68. The molecule has 3 rings (SSSR count). The number of nitrogens with zero attached hydrogens (tertiary/aromatic N) is 2. The van der Waals surface area contributed by atoms with Crippen LogP contribution >= 0.6 is 0 Å². The third kappa shape index (κ3) is 4.85. The highest BCUT2D eigenvalue weighted by Crippen LogP contribution is 2.13. The van der Waals surface area contributed by atoms with Gasteiger partial charge in [-0.1, -0.05) is 24.3 Å². The summed E-state index contributed by atoms with van der Waals surface area (Å²) in [6, 6.07) is 11.7. The molecule has 1 amide bonds. The lowest BCUT2D eigenvalue weighted by Crippen LogP contribution is -2.36. The highest BCUT2D eigenvalue weighted by molar-refractivity contribution is 5.94. The molecule has 25 heavy (non-hydrogen) atoms. The number of benzene rings is 1. The van der Waals surface area contributed by atoms with Gasteiger partial charge in [0.1, 0.15) is 0 Å². The Morgan fingerprint density at radius 3 is 2.72 bits per heavy atom. The number of morpholine rings is 1. The summed E-state index contributed by atoms with van der Waals surface area (Å²) in [5, 5.41) is 2.99. The zero-order valence-corrected chi connectivity index (χ0v) is 14.3. The van der Waals surface area contributed by atoms with Crippen LogP contribution in [0.15, 0.2) is 42.6 Å². The number of amides is 1. The van der Waals surface area contributed by atoms with Crippen molar-refractivity contribution in [2.45, 2.75) is 19.6 Å². The molecule has 0 aliphatic carbocycles. The smallest absolute Gasteiger partial charge is 0.251 e. The fraction of sp³-hybridized carbons (Fsp3) is 0.368. The van der Waals surface area contributed by atoms with E-state index in [1.165, 1.54) is 5.56 Å². The van der Waals surface area contributed by atoms with E-state index in [2.05, 4.69) is 27.3 Å². The number of hydrogen-bond acceptors (Lipinski definition) is 5. The second-order valence-electron chi connectivity index (χ2n) is 6.08. The molecule has 6 heteroatoms. The first-order chi connectivity index (χ1) is 12.3. The van der Waals surface area contributed by atoms with Gasteiger partial charge in [-0.15, -0.1) is 0 Å². The van der Waals surface area contributed by atoms with Crippen molar-refractivity contribution in [1.82, 2.24) is 15.2 Å². The van der Waals surface area contributed by atoms with Crippen molar-refractivity contribution in [3.63, 3.8) is 0 Å². The fourth-order valence-electron chi connectivity index (χ4n) is 2.89. The Morgan fingerprint density at radius 2 is 1.96 bits per heavy atom. The van der Waals surface area contributed by atoms with Gasteiger partial charge in [0.05, 0.1) is 18.9 Å². The Kier molecular flexibility index (Phi) is 6.11. The quantitative estimate of drug-likeness (QED) is 0.829. The molecule has 0 bridgehead atoms. The lowest BCUT2D eigenvalue weighted by molar-refractivity contribution is 0.0340. The molecule has 1 fully saturated rings. The number of nitrogens with one attached hydrogen (secondary N) is 1. The summed E-state index contributed by atoms with van der Waals surface area (Å²) in [6.07, 6.45) is 1.61. The minimum atomic E-state index is -0.113. The van der Waals surface area contributed by atoms with Crippen LogP contribution in [0.5, 0.6) is 0 Å². The molecule has 1 aromatic carbocycles. The number of pyridine rings is 1. The molecule has 132 valence electrons. The molecule has 2 heterocycles. The second kappa shape index (κ2) is 8.71. The third-order valence-electron chi connectivity index (χ3n) is 4.34. The molecule has 1 aliphatic heterocycles. The molecule has 0 radical (unpaired) electrons. The first-order valence-electron chi connectivity index (χ1n) is 8.56.